The molecular formula is C25H17BrClN3O2S. The first kappa shape index (κ1) is 23.1. The minimum absolute atomic E-state index is 0.120. The summed E-state index contributed by atoms with van der Waals surface area (Å²) in [7, 11) is 0. The zero-order valence-electron chi connectivity index (χ0n) is 17.2. The third kappa shape index (κ3) is 5.31. The lowest BCUT2D eigenvalue weighted by atomic mass is 10.1. The molecule has 1 atom stereocenters. The summed E-state index contributed by atoms with van der Waals surface area (Å²) in [5, 5.41) is 13.0. The van der Waals surface area contributed by atoms with Crippen molar-refractivity contribution >= 4 is 62.5 Å². The second-order valence-corrected chi connectivity index (χ2v) is 9.74. The van der Waals surface area contributed by atoms with Crippen molar-refractivity contribution in [3.8, 4) is 6.07 Å². The topological polar surface area (TPSA) is 73.2 Å². The van der Waals surface area contributed by atoms with Crippen LogP contribution in [0.3, 0.4) is 0 Å². The number of benzene rings is 3. The number of amides is 2. The summed E-state index contributed by atoms with van der Waals surface area (Å²) in [4.78, 5) is 27.9. The second kappa shape index (κ2) is 10.3. The van der Waals surface area contributed by atoms with Gasteiger partial charge in [-0.25, -0.2) is 0 Å². The summed E-state index contributed by atoms with van der Waals surface area (Å²) >= 11 is 10.6. The maximum atomic E-state index is 13.4. The molecule has 33 heavy (non-hydrogen) atoms. The number of hydrogen-bond donors (Lipinski definition) is 1. The van der Waals surface area contributed by atoms with Crippen molar-refractivity contribution in [2.75, 3.05) is 10.2 Å². The van der Waals surface area contributed by atoms with Gasteiger partial charge in [0.1, 0.15) is 16.7 Å². The summed E-state index contributed by atoms with van der Waals surface area (Å²) in [6, 6.07) is 25.4. The Hall–Kier alpha value is -3.05. The van der Waals surface area contributed by atoms with Gasteiger partial charge in [0.25, 0.3) is 5.91 Å². The van der Waals surface area contributed by atoms with E-state index in [4.69, 9.17) is 11.6 Å². The molecule has 3 aromatic rings. The van der Waals surface area contributed by atoms with Crippen molar-refractivity contribution in [1.82, 2.24) is 0 Å². The maximum Gasteiger partial charge on any atom is 0.269 e. The number of nitrogens with zero attached hydrogens (tertiary/aromatic N) is 2. The predicted molar refractivity (Wildman–Crippen MR) is 136 cm³/mol. The van der Waals surface area contributed by atoms with Crippen LogP contribution in [-0.4, -0.2) is 17.1 Å². The van der Waals surface area contributed by atoms with E-state index in [0.29, 0.717) is 27.8 Å². The van der Waals surface area contributed by atoms with Crippen LogP contribution in [0.5, 0.6) is 0 Å². The lowest BCUT2D eigenvalue weighted by Gasteiger charge is -2.18. The molecule has 5 nitrogen and oxygen atoms in total. The number of nitrogens with one attached hydrogen (secondary N) is 1. The van der Waals surface area contributed by atoms with E-state index < -0.39 is 11.2 Å². The van der Waals surface area contributed by atoms with Crippen LogP contribution in [0.25, 0.3) is 0 Å². The Labute approximate surface area is 209 Å². The van der Waals surface area contributed by atoms with Crippen molar-refractivity contribution in [1.29, 1.82) is 5.26 Å². The first-order valence-corrected chi connectivity index (χ1v) is 12.0. The molecule has 8 heteroatoms. The lowest BCUT2D eigenvalue weighted by molar-refractivity contribution is -0.117. The average molecular weight is 539 g/mol. The van der Waals surface area contributed by atoms with Gasteiger partial charge in [-0.15, -0.1) is 0 Å². The first-order valence-electron chi connectivity index (χ1n) is 9.97. The van der Waals surface area contributed by atoms with Gasteiger partial charge in [0.05, 0.1) is 5.25 Å². The van der Waals surface area contributed by atoms with Gasteiger partial charge in [0.15, 0.2) is 0 Å². The fourth-order valence-electron chi connectivity index (χ4n) is 3.36. The number of para-hydroxylation sites is 1. The van der Waals surface area contributed by atoms with E-state index in [9.17, 15) is 14.9 Å². The lowest BCUT2D eigenvalue weighted by Crippen LogP contribution is -2.30. The van der Waals surface area contributed by atoms with Crippen LogP contribution < -0.4 is 10.2 Å². The molecule has 0 aromatic heterocycles. The Morgan fingerprint density at radius 3 is 2.36 bits per heavy atom. The minimum Gasteiger partial charge on any atom is -0.321 e. The van der Waals surface area contributed by atoms with Crippen LogP contribution in [0.15, 0.2) is 93.9 Å². The summed E-state index contributed by atoms with van der Waals surface area (Å²) in [5.74, 6) is -0.753. The van der Waals surface area contributed by atoms with E-state index in [1.54, 1.807) is 36.4 Å². The smallest absolute Gasteiger partial charge is 0.269 e. The fraction of sp³-hybridized carbons (Fsp3) is 0.0800. The summed E-state index contributed by atoms with van der Waals surface area (Å²) in [5.41, 5.74) is 1.98. The molecule has 0 saturated carbocycles. The molecule has 2 amide bonds. The van der Waals surface area contributed by atoms with Gasteiger partial charge in [0, 0.05) is 20.9 Å². The number of nitriles is 1. The van der Waals surface area contributed by atoms with Gasteiger partial charge in [-0.1, -0.05) is 69.6 Å². The molecule has 1 fully saturated rings. The van der Waals surface area contributed by atoms with Gasteiger partial charge in [-0.05, 0) is 60.5 Å². The number of carbonyl (C=O) groups is 2. The molecule has 0 aliphatic carbocycles. The third-order valence-electron chi connectivity index (χ3n) is 4.96. The zero-order valence-corrected chi connectivity index (χ0v) is 20.3. The van der Waals surface area contributed by atoms with Crippen molar-refractivity contribution in [3.05, 3.63) is 105 Å². The van der Waals surface area contributed by atoms with E-state index in [1.807, 2.05) is 48.5 Å². The van der Waals surface area contributed by atoms with Crippen LogP contribution >= 0.6 is 39.3 Å². The SMILES string of the molecule is N#C/C(C(=O)Nc1ccc(Cl)cc1)=C1/S[C@@H](Cc2ccc(Br)cc2)C(=O)N1c1ccccc1. The van der Waals surface area contributed by atoms with Crippen molar-refractivity contribution in [3.63, 3.8) is 0 Å². The molecule has 0 spiro atoms. The van der Waals surface area contributed by atoms with Crippen LogP contribution in [0.4, 0.5) is 11.4 Å². The highest BCUT2D eigenvalue weighted by molar-refractivity contribution is 9.10. The van der Waals surface area contributed by atoms with Crippen molar-refractivity contribution in [2.45, 2.75) is 11.7 Å². The highest BCUT2D eigenvalue weighted by atomic mass is 79.9. The number of hydrogen-bond acceptors (Lipinski definition) is 4. The first-order chi connectivity index (χ1) is 16.0. The normalized spacial score (nSPS) is 16.9. The Bertz CT molecular complexity index is 1260. The molecule has 1 N–H and O–H groups in total. The van der Waals surface area contributed by atoms with Crippen LogP contribution in [0, 0.1) is 11.3 Å². The van der Waals surface area contributed by atoms with E-state index in [2.05, 4.69) is 21.2 Å². The number of thioether (sulfide) groups is 1. The Balaban J connectivity index is 1.70. The fourth-order valence-corrected chi connectivity index (χ4v) is 5.06. The molecule has 0 unspecified atom stereocenters. The number of rotatable bonds is 5. The van der Waals surface area contributed by atoms with E-state index in [0.717, 1.165) is 10.0 Å². The molecule has 1 aliphatic heterocycles. The average Bonchev–Trinajstić information content (AvgIpc) is 3.13. The quantitative estimate of drug-likeness (QED) is 0.312. The number of carbonyl (C=O) groups excluding carboxylic acids is 2. The summed E-state index contributed by atoms with van der Waals surface area (Å²) < 4.78 is 0.953. The molecule has 3 aromatic carbocycles. The van der Waals surface area contributed by atoms with E-state index in [1.165, 1.54) is 16.7 Å². The molecule has 0 bridgehead atoms. The van der Waals surface area contributed by atoms with E-state index >= 15 is 0 Å². The third-order valence-corrected chi connectivity index (χ3v) is 7.00. The second-order valence-electron chi connectivity index (χ2n) is 7.20. The molecule has 0 radical (unpaired) electrons. The van der Waals surface area contributed by atoms with Gasteiger partial charge in [-0.2, -0.15) is 5.26 Å². The Morgan fingerprint density at radius 1 is 1.06 bits per heavy atom. The highest BCUT2D eigenvalue weighted by Crippen LogP contribution is 2.42. The van der Waals surface area contributed by atoms with Crippen LogP contribution in [-0.2, 0) is 16.0 Å². The largest absolute Gasteiger partial charge is 0.321 e. The molecule has 164 valence electrons. The maximum absolute atomic E-state index is 13.4. The Morgan fingerprint density at radius 2 is 1.73 bits per heavy atom. The van der Waals surface area contributed by atoms with Gasteiger partial charge in [-0.3, -0.25) is 14.5 Å². The summed E-state index contributed by atoms with van der Waals surface area (Å²) in [6.45, 7) is 0. The van der Waals surface area contributed by atoms with Crippen LogP contribution in [0.1, 0.15) is 5.56 Å². The van der Waals surface area contributed by atoms with Gasteiger partial charge < -0.3 is 5.32 Å². The zero-order chi connectivity index (χ0) is 23.4. The predicted octanol–water partition coefficient (Wildman–Crippen LogP) is 6.17. The Kier molecular flexibility index (Phi) is 7.19. The monoisotopic (exact) mass is 537 g/mol. The standard InChI is InChI=1S/C25H17BrClN3O2S/c26-17-8-6-16(7-9-17)14-22-24(32)30(20-4-2-1-3-5-20)25(33-22)21(15-28)23(31)29-19-12-10-18(27)11-13-19/h1-13,22H,14H2,(H,29,31)/b25-21-/t22-/m0/s1. The molecule has 4 rings (SSSR count). The molecule has 1 aliphatic rings. The number of halogens is 2. The van der Waals surface area contributed by atoms with Crippen LogP contribution in [0.2, 0.25) is 5.02 Å². The van der Waals surface area contributed by atoms with E-state index in [-0.39, 0.29) is 11.5 Å². The highest BCUT2D eigenvalue weighted by Gasteiger charge is 2.40. The summed E-state index contributed by atoms with van der Waals surface area (Å²) in [6.07, 6.45) is 0.473. The van der Waals surface area contributed by atoms with Gasteiger partial charge >= 0.3 is 0 Å². The molecule has 1 saturated heterocycles. The number of anilines is 2. The van der Waals surface area contributed by atoms with Gasteiger partial charge in [0.2, 0.25) is 5.91 Å². The van der Waals surface area contributed by atoms with Crippen molar-refractivity contribution < 1.29 is 9.59 Å². The molecule has 1 heterocycles. The van der Waals surface area contributed by atoms with Crippen molar-refractivity contribution in [2.24, 2.45) is 0 Å². The minimum atomic E-state index is -0.583. The molecular weight excluding hydrogens is 522 g/mol.